The molecule has 1 nitrogen and oxygen atoms in total. The largest absolute Gasteiger partial charge is 0.422 e. The Balaban J connectivity index is 2.66. The van der Waals surface area contributed by atoms with Gasteiger partial charge in [-0.25, -0.2) is 17.6 Å². The minimum Gasteiger partial charge on any atom is -0.294 e. The zero-order chi connectivity index (χ0) is 16.7. The molecule has 0 aromatic heterocycles. The number of rotatable bonds is 2. The van der Waals surface area contributed by atoms with Gasteiger partial charge in [-0.05, 0) is 17.7 Å². The highest BCUT2D eigenvalue weighted by molar-refractivity contribution is 5.66. The Morgan fingerprint density at radius 3 is 1.55 bits per heavy atom. The van der Waals surface area contributed by atoms with Crippen molar-refractivity contribution >= 4 is 0 Å². The summed E-state index contributed by atoms with van der Waals surface area (Å²) in [5.74, 6) is -7.86. The smallest absolute Gasteiger partial charge is 0.294 e. The molecule has 0 heterocycles. The van der Waals surface area contributed by atoms with E-state index in [0.717, 1.165) is 0 Å². The van der Waals surface area contributed by atoms with Crippen LogP contribution in [0, 0.1) is 23.3 Å². The second kappa shape index (κ2) is 5.47. The second-order valence-corrected chi connectivity index (χ2v) is 4.15. The highest BCUT2D eigenvalue weighted by Crippen LogP contribution is 2.37. The SMILES string of the molecule is FOc1cc(F)c(-c2cc(F)c(C(F)(F)F)c(F)c2)c(F)c1. The average Bonchev–Trinajstić information content (AvgIpc) is 2.35. The van der Waals surface area contributed by atoms with Crippen LogP contribution in [0.3, 0.4) is 0 Å². The standard InChI is InChI=1S/C13H4F8O/c14-7-3-6(22-21)4-8(15)11(7)5-1-9(16)12(10(17)2-5)13(18,19)20/h1-4H. The summed E-state index contributed by atoms with van der Waals surface area (Å²) in [6.45, 7) is 0. The first-order chi connectivity index (χ1) is 10.1. The number of hydrogen-bond donors (Lipinski definition) is 0. The van der Waals surface area contributed by atoms with Crippen LogP contribution in [-0.4, -0.2) is 0 Å². The third-order valence-electron chi connectivity index (χ3n) is 2.72. The molecule has 0 N–H and O–H groups in total. The summed E-state index contributed by atoms with van der Waals surface area (Å²) in [4.78, 5) is 3.10. The van der Waals surface area contributed by atoms with Gasteiger partial charge in [-0.15, -0.1) is 0 Å². The Morgan fingerprint density at radius 1 is 0.727 bits per heavy atom. The molecule has 9 heteroatoms. The molecule has 0 spiro atoms. The first kappa shape index (κ1) is 16.1. The van der Waals surface area contributed by atoms with Crippen molar-refractivity contribution in [2.75, 3.05) is 0 Å². The Morgan fingerprint density at radius 2 is 1.18 bits per heavy atom. The number of alkyl halides is 3. The maximum atomic E-state index is 13.6. The molecule has 118 valence electrons. The van der Waals surface area contributed by atoms with Gasteiger partial charge in [0.05, 0.1) is 5.56 Å². The van der Waals surface area contributed by atoms with Crippen LogP contribution in [0.2, 0.25) is 0 Å². The summed E-state index contributed by atoms with van der Waals surface area (Å²) in [6, 6.07) is 0.991. The molecule has 0 fully saturated rings. The molecule has 0 aliphatic heterocycles. The van der Waals surface area contributed by atoms with Crippen LogP contribution in [0.1, 0.15) is 5.56 Å². The van der Waals surface area contributed by atoms with Crippen LogP contribution in [0.4, 0.5) is 35.3 Å². The monoisotopic (exact) mass is 328 g/mol. The first-order valence-corrected chi connectivity index (χ1v) is 5.49. The van der Waals surface area contributed by atoms with Crippen molar-refractivity contribution in [1.29, 1.82) is 0 Å². The molecule has 2 rings (SSSR count). The van der Waals surface area contributed by atoms with E-state index >= 15 is 0 Å². The molecule has 0 saturated heterocycles. The maximum absolute atomic E-state index is 13.6. The Hall–Kier alpha value is -2.32. The third-order valence-corrected chi connectivity index (χ3v) is 2.72. The Bertz CT molecular complexity index is 676. The molecule has 0 radical (unpaired) electrons. The fourth-order valence-corrected chi connectivity index (χ4v) is 1.86. The van der Waals surface area contributed by atoms with E-state index in [9.17, 15) is 35.3 Å². The fourth-order valence-electron chi connectivity index (χ4n) is 1.86. The highest BCUT2D eigenvalue weighted by atomic mass is 19.4. The van der Waals surface area contributed by atoms with Gasteiger partial charge in [-0.1, -0.05) is 0 Å². The predicted molar refractivity (Wildman–Crippen MR) is 58.4 cm³/mol. The van der Waals surface area contributed by atoms with E-state index in [2.05, 4.69) is 4.94 Å². The summed E-state index contributed by atoms with van der Waals surface area (Å²) < 4.78 is 103. The molecule has 0 amide bonds. The topological polar surface area (TPSA) is 9.23 Å². The maximum Gasteiger partial charge on any atom is 0.422 e. The van der Waals surface area contributed by atoms with E-state index in [1.165, 1.54) is 0 Å². The van der Waals surface area contributed by atoms with Gasteiger partial charge in [0.25, 0.3) is 0 Å². The van der Waals surface area contributed by atoms with Crippen LogP contribution in [0.15, 0.2) is 24.3 Å². The normalized spacial score (nSPS) is 11.6. The third kappa shape index (κ3) is 2.83. The van der Waals surface area contributed by atoms with Crippen LogP contribution in [-0.2, 0) is 6.18 Å². The van der Waals surface area contributed by atoms with Gasteiger partial charge in [0, 0.05) is 16.7 Å². The number of benzene rings is 2. The van der Waals surface area contributed by atoms with E-state index in [1.54, 1.807) is 0 Å². The van der Waals surface area contributed by atoms with E-state index in [0.29, 0.717) is 12.1 Å². The van der Waals surface area contributed by atoms with Crippen molar-refractivity contribution in [1.82, 2.24) is 0 Å². The Labute approximate surface area is 117 Å². The summed E-state index contributed by atoms with van der Waals surface area (Å²) in [7, 11) is 0. The zero-order valence-corrected chi connectivity index (χ0v) is 10.2. The van der Waals surface area contributed by atoms with Crippen molar-refractivity contribution in [3.8, 4) is 16.9 Å². The fraction of sp³-hybridized carbons (Fsp3) is 0.0769. The molecule has 0 saturated carbocycles. The van der Waals surface area contributed by atoms with Crippen molar-refractivity contribution < 1.29 is 40.2 Å². The molecule has 0 bridgehead atoms. The lowest BCUT2D eigenvalue weighted by Crippen LogP contribution is -2.11. The van der Waals surface area contributed by atoms with Crippen LogP contribution < -0.4 is 4.94 Å². The number of hydrogen-bond acceptors (Lipinski definition) is 1. The average molecular weight is 328 g/mol. The summed E-state index contributed by atoms with van der Waals surface area (Å²) in [5.41, 5.74) is -4.02. The predicted octanol–water partition coefficient (Wildman–Crippen LogP) is 5.19. The van der Waals surface area contributed by atoms with Crippen LogP contribution in [0.5, 0.6) is 5.75 Å². The first-order valence-electron chi connectivity index (χ1n) is 5.49. The molecule has 0 atom stereocenters. The summed E-state index contributed by atoms with van der Waals surface area (Å²) >= 11 is 0. The van der Waals surface area contributed by atoms with Crippen LogP contribution in [0.25, 0.3) is 11.1 Å². The lowest BCUT2D eigenvalue weighted by molar-refractivity contribution is -0.142. The van der Waals surface area contributed by atoms with Gasteiger partial charge < -0.3 is 0 Å². The molecular weight excluding hydrogens is 324 g/mol. The lowest BCUT2D eigenvalue weighted by Gasteiger charge is -2.12. The minimum absolute atomic E-state index is 0.128. The van der Waals surface area contributed by atoms with Crippen molar-refractivity contribution in [2.24, 2.45) is 0 Å². The molecule has 0 aliphatic carbocycles. The molecule has 2 aromatic carbocycles. The van der Waals surface area contributed by atoms with Gasteiger partial charge in [0.15, 0.2) is 5.75 Å². The Kier molecular flexibility index (Phi) is 3.99. The van der Waals surface area contributed by atoms with E-state index < -0.39 is 51.9 Å². The molecular formula is C13H4F8O. The molecule has 0 aliphatic rings. The van der Waals surface area contributed by atoms with Gasteiger partial charge in [-0.3, -0.25) is 4.94 Å². The summed E-state index contributed by atoms with van der Waals surface area (Å²) in [5, 5.41) is 0. The second-order valence-electron chi connectivity index (χ2n) is 4.15. The van der Waals surface area contributed by atoms with Gasteiger partial charge in [-0.2, -0.15) is 13.2 Å². The van der Waals surface area contributed by atoms with Crippen molar-refractivity contribution in [3.63, 3.8) is 0 Å². The van der Waals surface area contributed by atoms with Crippen LogP contribution >= 0.6 is 0 Å². The zero-order valence-electron chi connectivity index (χ0n) is 10.2. The minimum atomic E-state index is -5.31. The summed E-state index contributed by atoms with van der Waals surface area (Å²) in [6.07, 6.45) is -5.31. The number of halogens is 8. The molecule has 22 heavy (non-hydrogen) atoms. The van der Waals surface area contributed by atoms with E-state index in [4.69, 9.17) is 0 Å². The quantitative estimate of drug-likeness (QED) is 0.689. The van der Waals surface area contributed by atoms with Crippen molar-refractivity contribution in [3.05, 3.63) is 53.1 Å². The molecule has 0 unspecified atom stereocenters. The van der Waals surface area contributed by atoms with Gasteiger partial charge in [0.1, 0.15) is 28.8 Å². The molecule has 2 aromatic rings. The highest BCUT2D eigenvalue weighted by Gasteiger charge is 2.38. The van der Waals surface area contributed by atoms with Crippen molar-refractivity contribution in [2.45, 2.75) is 6.18 Å². The van der Waals surface area contributed by atoms with Gasteiger partial charge >= 0.3 is 6.18 Å². The lowest BCUT2D eigenvalue weighted by atomic mass is 10.0. The van der Waals surface area contributed by atoms with Gasteiger partial charge in [0.2, 0.25) is 0 Å². The van der Waals surface area contributed by atoms with E-state index in [1.807, 2.05) is 0 Å². The van der Waals surface area contributed by atoms with E-state index in [-0.39, 0.29) is 12.1 Å².